The molecule has 0 atom stereocenters. The number of nitrogens with one attached hydrogen (secondary N) is 1. The van der Waals surface area contributed by atoms with Crippen LogP contribution in [-0.2, 0) is 21.4 Å². The van der Waals surface area contributed by atoms with Crippen molar-refractivity contribution in [3.8, 4) is 5.75 Å². The molecule has 1 heterocycles. The van der Waals surface area contributed by atoms with Crippen LogP contribution in [0.1, 0.15) is 12.5 Å². The SMILES string of the molecule is CCOc1ccc(S(=O)(=O)N(CC(=O)Nc2ccc3sncc3c2)Cc2ccccc2)cc1. The van der Waals surface area contributed by atoms with Gasteiger partial charge in [0, 0.05) is 23.8 Å². The Labute approximate surface area is 196 Å². The molecule has 1 amide bonds. The first-order valence-corrected chi connectivity index (χ1v) is 12.6. The van der Waals surface area contributed by atoms with E-state index in [1.165, 1.54) is 28.0 Å². The highest BCUT2D eigenvalue weighted by Crippen LogP contribution is 2.24. The molecule has 1 N–H and O–H groups in total. The Morgan fingerprint density at radius 3 is 2.55 bits per heavy atom. The van der Waals surface area contributed by atoms with E-state index in [1.807, 2.05) is 49.4 Å². The summed E-state index contributed by atoms with van der Waals surface area (Å²) in [6, 6.07) is 20.9. The molecule has 4 aromatic rings. The van der Waals surface area contributed by atoms with E-state index < -0.39 is 15.9 Å². The monoisotopic (exact) mass is 481 g/mol. The van der Waals surface area contributed by atoms with Crippen LogP contribution in [0.2, 0.25) is 0 Å². The number of sulfonamides is 1. The third-order valence-corrected chi connectivity index (χ3v) is 7.52. The maximum Gasteiger partial charge on any atom is 0.243 e. The number of hydrogen-bond donors (Lipinski definition) is 1. The molecule has 0 spiro atoms. The number of amides is 1. The summed E-state index contributed by atoms with van der Waals surface area (Å²) in [6.07, 6.45) is 1.73. The molecule has 0 aliphatic heterocycles. The van der Waals surface area contributed by atoms with Crippen LogP contribution in [-0.4, -0.2) is 36.2 Å². The second kappa shape index (κ2) is 10.1. The first-order valence-electron chi connectivity index (χ1n) is 10.4. The molecule has 0 unspecified atom stereocenters. The predicted octanol–water partition coefficient (Wildman–Crippen LogP) is 4.52. The van der Waals surface area contributed by atoms with Gasteiger partial charge in [-0.25, -0.2) is 8.42 Å². The zero-order valence-electron chi connectivity index (χ0n) is 18.0. The van der Waals surface area contributed by atoms with Crippen LogP contribution in [0.3, 0.4) is 0 Å². The maximum absolute atomic E-state index is 13.4. The number of carbonyl (C=O) groups is 1. The van der Waals surface area contributed by atoms with Crippen LogP contribution in [0.15, 0.2) is 83.9 Å². The lowest BCUT2D eigenvalue weighted by molar-refractivity contribution is -0.116. The zero-order valence-corrected chi connectivity index (χ0v) is 19.6. The number of fused-ring (bicyclic) bond motifs is 1. The van der Waals surface area contributed by atoms with E-state index in [2.05, 4.69) is 9.69 Å². The summed E-state index contributed by atoms with van der Waals surface area (Å²) >= 11 is 1.37. The molecule has 0 saturated carbocycles. The second-order valence-corrected chi connectivity index (χ2v) is 10.1. The van der Waals surface area contributed by atoms with Crippen molar-refractivity contribution in [1.29, 1.82) is 0 Å². The summed E-state index contributed by atoms with van der Waals surface area (Å²) in [5.41, 5.74) is 1.37. The molecule has 0 fully saturated rings. The van der Waals surface area contributed by atoms with E-state index >= 15 is 0 Å². The lowest BCUT2D eigenvalue weighted by atomic mass is 10.2. The van der Waals surface area contributed by atoms with Crippen molar-refractivity contribution in [3.05, 3.63) is 84.6 Å². The Balaban J connectivity index is 1.57. The Morgan fingerprint density at radius 2 is 1.82 bits per heavy atom. The zero-order chi connectivity index (χ0) is 23.3. The molecular formula is C24H23N3O4S2. The van der Waals surface area contributed by atoms with E-state index in [9.17, 15) is 13.2 Å². The molecule has 33 heavy (non-hydrogen) atoms. The average molecular weight is 482 g/mol. The second-order valence-electron chi connectivity index (χ2n) is 7.29. The minimum atomic E-state index is -3.94. The van der Waals surface area contributed by atoms with Crippen molar-refractivity contribution in [2.45, 2.75) is 18.4 Å². The fraction of sp³-hybridized carbons (Fsp3) is 0.167. The number of rotatable bonds is 9. The van der Waals surface area contributed by atoms with Crippen LogP contribution < -0.4 is 10.1 Å². The van der Waals surface area contributed by atoms with Gasteiger partial charge in [-0.2, -0.15) is 8.68 Å². The minimum Gasteiger partial charge on any atom is -0.494 e. The summed E-state index contributed by atoms with van der Waals surface area (Å²) in [5, 5.41) is 3.72. The van der Waals surface area contributed by atoms with Gasteiger partial charge in [-0.15, -0.1) is 0 Å². The van der Waals surface area contributed by atoms with Gasteiger partial charge in [0.25, 0.3) is 0 Å². The average Bonchev–Trinajstić information content (AvgIpc) is 3.28. The molecular weight excluding hydrogens is 458 g/mol. The summed E-state index contributed by atoms with van der Waals surface area (Å²) in [4.78, 5) is 13.0. The number of hydrogen-bond acceptors (Lipinski definition) is 6. The molecule has 0 radical (unpaired) electrons. The Morgan fingerprint density at radius 1 is 1.06 bits per heavy atom. The predicted molar refractivity (Wildman–Crippen MR) is 130 cm³/mol. The number of benzene rings is 3. The van der Waals surface area contributed by atoms with Gasteiger partial charge in [0.05, 0.1) is 22.7 Å². The van der Waals surface area contributed by atoms with Gasteiger partial charge in [0.2, 0.25) is 15.9 Å². The van der Waals surface area contributed by atoms with Crippen LogP contribution in [0.5, 0.6) is 5.75 Å². The largest absolute Gasteiger partial charge is 0.494 e. The number of aromatic nitrogens is 1. The molecule has 7 nitrogen and oxygen atoms in total. The van der Waals surface area contributed by atoms with Gasteiger partial charge >= 0.3 is 0 Å². The van der Waals surface area contributed by atoms with E-state index in [-0.39, 0.29) is 18.0 Å². The van der Waals surface area contributed by atoms with Gasteiger partial charge < -0.3 is 10.1 Å². The van der Waals surface area contributed by atoms with Crippen molar-refractivity contribution in [3.63, 3.8) is 0 Å². The molecule has 0 saturated heterocycles. The Bertz CT molecular complexity index is 1340. The van der Waals surface area contributed by atoms with Crippen LogP contribution in [0, 0.1) is 0 Å². The standard InChI is InChI=1S/C24H23N3O4S2/c1-2-31-21-9-11-22(12-10-21)33(29,30)27(16-18-6-4-3-5-7-18)17-24(28)26-20-8-13-23-19(14-20)15-25-32-23/h3-15H,2,16-17H2,1H3,(H,26,28). The quantitative estimate of drug-likeness (QED) is 0.380. The van der Waals surface area contributed by atoms with Gasteiger partial charge in [-0.3, -0.25) is 4.79 Å². The Kier molecular flexibility index (Phi) is 7.02. The minimum absolute atomic E-state index is 0.0668. The highest BCUT2D eigenvalue weighted by molar-refractivity contribution is 7.89. The molecule has 9 heteroatoms. The van der Waals surface area contributed by atoms with Crippen LogP contribution in [0.25, 0.3) is 10.1 Å². The Hall–Kier alpha value is -3.27. The number of ether oxygens (including phenoxy) is 1. The van der Waals surface area contributed by atoms with E-state index in [4.69, 9.17) is 4.74 Å². The number of carbonyl (C=O) groups excluding carboxylic acids is 1. The lowest BCUT2D eigenvalue weighted by Crippen LogP contribution is -2.37. The highest BCUT2D eigenvalue weighted by Gasteiger charge is 2.27. The van der Waals surface area contributed by atoms with Gasteiger partial charge in [-0.1, -0.05) is 30.3 Å². The van der Waals surface area contributed by atoms with E-state index in [1.54, 1.807) is 24.4 Å². The molecule has 170 valence electrons. The summed E-state index contributed by atoms with van der Waals surface area (Å²) in [5.74, 6) is 0.157. The summed E-state index contributed by atoms with van der Waals surface area (Å²) in [7, 11) is -3.94. The molecule has 3 aromatic carbocycles. The molecule has 0 aliphatic carbocycles. The van der Waals surface area contributed by atoms with Crippen molar-refractivity contribution in [2.75, 3.05) is 18.5 Å². The van der Waals surface area contributed by atoms with Gasteiger partial charge in [0.15, 0.2) is 0 Å². The lowest BCUT2D eigenvalue weighted by Gasteiger charge is -2.22. The van der Waals surface area contributed by atoms with Gasteiger partial charge in [-0.05, 0) is 66.5 Å². The third-order valence-electron chi connectivity index (χ3n) is 4.93. The molecule has 4 rings (SSSR count). The van der Waals surface area contributed by atoms with Crippen molar-refractivity contribution in [1.82, 2.24) is 8.68 Å². The van der Waals surface area contributed by atoms with E-state index in [0.717, 1.165) is 15.6 Å². The van der Waals surface area contributed by atoms with Gasteiger partial charge in [0.1, 0.15) is 5.75 Å². The topological polar surface area (TPSA) is 88.6 Å². The smallest absolute Gasteiger partial charge is 0.243 e. The van der Waals surface area contributed by atoms with Crippen molar-refractivity contribution >= 4 is 43.2 Å². The molecule has 0 aliphatic rings. The maximum atomic E-state index is 13.4. The first-order chi connectivity index (χ1) is 16.0. The number of nitrogens with zero attached hydrogens (tertiary/aromatic N) is 2. The van der Waals surface area contributed by atoms with Crippen LogP contribution >= 0.6 is 11.5 Å². The first kappa shape index (κ1) is 22.9. The van der Waals surface area contributed by atoms with Crippen molar-refractivity contribution < 1.29 is 17.9 Å². The van der Waals surface area contributed by atoms with Crippen molar-refractivity contribution in [2.24, 2.45) is 0 Å². The normalized spacial score (nSPS) is 11.6. The number of anilines is 1. The van der Waals surface area contributed by atoms with E-state index in [0.29, 0.717) is 18.0 Å². The summed E-state index contributed by atoms with van der Waals surface area (Å²) in [6.45, 7) is 2.08. The highest BCUT2D eigenvalue weighted by atomic mass is 32.2. The van der Waals surface area contributed by atoms with Crippen LogP contribution in [0.4, 0.5) is 5.69 Å². The fourth-order valence-electron chi connectivity index (χ4n) is 3.35. The summed E-state index contributed by atoms with van der Waals surface area (Å²) < 4.78 is 38.6. The fourth-order valence-corrected chi connectivity index (χ4v) is 5.36. The third kappa shape index (κ3) is 5.57. The molecule has 1 aromatic heterocycles. The molecule has 0 bridgehead atoms.